The lowest BCUT2D eigenvalue weighted by atomic mass is 9.98. The molecule has 8 nitrogen and oxygen atoms in total. The van der Waals surface area contributed by atoms with E-state index in [1.165, 1.54) is 5.57 Å². The van der Waals surface area contributed by atoms with Crippen molar-refractivity contribution in [1.82, 2.24) is 19.5 Å². The minimum atomic E-state index is -3.83. The Morgan fingerprint density at radius 3 is 2.59 bits per heavy atom. The van der Waals surface area contributed by atoms with E-state index in [9.17, 15) is 22.0 Å². The van der Waals surface area contributed by atoms with Gasteiger partial charge in [0.05, 0.1) is 34.9 Å². The Hall–Kier alpha value is -3.34. The van der Waals surface area contributed by atoms with Gasteiger partial charge in [-0.05, 0) is 50.3 Å². The van der Waals surface area contributed by atoms with Crippen LogP contribution in [0.1, 0.15) is 59.2 Å². The van der Waals surface area contributed by atoms with Gasteiger partial charge in [-0.3, -0.25) is 9.52 Å². The van der Waals surface area contributed by atoms with Gasteiger partial charge in [0.1, 0.15) is 0 Å². The van der Waals surface area contributed by atoms with Crippen LogP contribution in [-0.2, 0) is 10.0 Å². The number of rotatable bonds is 5. The van der Waals surface area contributed by atoms with Crippen molar-refractivity contribution < 1.29 is 22.0 Å². The number of piperidine rings is 1. The molecule has 0 spiro atoms. The van der Waals surface area contributed by atoms with Crippen LogP contribution in [0.15, 0.2) is 30.3 Å². The van der Waals surface area contributed by atoms with Gasteiger partial charge in [-0.25, -0.2) is 26.7 Å². The molecule has 5 rings (SSSR count). The fourth-order valence-electron chi connectivity index (χ4n) is 4.38. The number of nitrogens with one attached hydrogen (secondary N) is 1. The quantitative estimate of drug-likeness (QED) is 0.590. The van der Waals surface area contributed by atoms with Gasteiger partial charge in [-0.2, -0.15) is 5.10 Å². The third-order valence-corrected chi connectivity index (χ3v) is 6.64. The molecule has 0 bridgehead atoms. The highest BCUT2D eigenvalue weighted by Crippen LogP contribution is 2.35. The van der Waals surface area contributed by atoms with Crippen molar-refractivity contribution in [2.24, 2.45) is 0 Å². The molecule has 2 aromatic heterocycles. The third-order valence-electron chi connectivity index (χ3n) is 6.05. The first kappa shape index (κ1) is 22.5. The predicted molar refractivity (Wildman–Crippen MR) is 123 cm³/mol. The van der Waals surface area contributed by atoms with Gasteiger partial charge in [0.15, 0.2) is 17.3 Å². The van der Waals surface area contributed by atoms with Crippen LogP contribution in [0, 0.1) is 18.6 Å². The molecule has 0 radical (unpaired) electrons. The number of carbonyl (C=O) groups is 1. The summed E-state index contributed by atoms with van der Waals surface area (Å²) >= 11 is 0. The van der Waals surface area contributed by atoms with E-state index in [0.29, 0.717) is 30.4 Å². The Labute approximate surface area is 195 Å². The number of carbonyl (C=O) groups excluding carboxylic acids is 1. The zero-order valence-corrected chi connectivity index (χ0v) is 19.5. The Morgan fingerprint density at radius 1 is 1.15 bits per heavy atom. The number of likely N-dealkylation sites (tertiary alicyclic amines) is 1. The average molecular weight is 488 g/mol. The van der Waals surface area contributed by atoms with Gasteiger partial charge in [-0.1, -0.05) is 6.08 Å². The van der Waals surface area contributed by atoms with E-state index >= 15 is 0 Å². The maximum atomic E-state index is 14.1. The first-order chi connectivity index (χ1) is 16.1. The first-order valence-electron chi connectivity index (χ1n) is 11.0. The van der Waals surface area contributed by atoms with Gasteiger partial charge in [0, 0.05) is 24.4 Å². The standard InChI is InChI=1S/C23H23F2N5O3S/c1-13-9-18(14-6-7-14)26-22-12-20(27-30(13)22)21-5-3-4-8-29(21)23(31)15-10-16(24)17(25)11-19(15)28-34(2,32)33/h6,9-12,21,28H,3-5,7-8H2,1-2H3/t21-/m0/s1. The molecule has 1 aliphatic heterocycles. The molecule has 0 saturated carbocycles. The molecular weight excluding hydrogens is 464 g/mol. The predicted octanol–water partition coefficient (Wildman–Crippen LogP) is 3.84. The molecule has 1 saturated heterocycles. The number of hydrogen-bond acceptors (Lipinski definition) is 5. The topological polar surface area (TPSA) is 96.7 Å². The lowest BCUT2D eigenvalue weighted by molar-refractivity contribution is 0.0606. The van der Waals surface area contributed by atoms with Crippen LogP contribution in [-0.4, -0.2) is 46.6 Å². The molecular formula is C23H23F2N5O3S. The Balaban J connectivity index is 1.54. The number of sulfonamides is 1. The maximum Gasteiger partial charge on any atom is 0.256 e. The zero-order chi connectivity index (χ0) is 24.2. The average Bonchev–Trinajstić information content (AvgIpc) is 3.53. The summed E-state index contributed by atoms with van der Waals surface area (Å²) in [6.45, 7) is 2.31. The number of aryl methyl sites for hydroxylation is 1. The van der Waals surface area contributed by atoms with Gasteiger partial charge >= 0.3 is 0 Å². The highest BCUT2D eigenvalue weighted by atomic mass is 32.2. The largest absolute Gasteiger partial charge is 0.330 e. The number of allylic oxidation sites excluding steroid dienone is 2. The van der Waals surface area contributed by atoms with E-state index in [0.717, 1.165) is 43.0 Å². The summed E-state index contributed by atoms with van der Waals surface area (Å²) in [6, 6.07) is 4.83. The normalized spacial score (nSPS) is 18.2. The Morgan fingerprint density at radius 2 is 1.88 bits per heavy atom. The second-order valence-electron chi connectivity index (χ2n) is 8.75. The summed E-state index contributed by atoms with van der Waals surface area (Å²) in [5, 5.41) is 4.69. The second kappa shape index (κ2) is 8.15. The number of anilines is 1. The zero-order valence-electron chi connectivity index (χ0n) is 18.7. The van der Waals surface area contributed by atoms with Crippen LogP contribution in [0.3, 0.4) is 0 Å². The number of amides is 1. The lowest BCUT2D eigenvalue weighted by Crippen LogP contribution is -2.39. The van der Waals surface area contributed by atoms with Gasteiger partial charge in [0.25, 0.3) is 5.91 Å². The van der Waals surface area contributed by atoms with Gasteiger partial charge in [-0.15, -0.1) is 0 Å². The van der Waals surface area contributed by atoms with Crippen LogP contribution in [0.2, 0.25) is 0 Å². The minimum absolute atomic E-state index is 0.253. The fraction of sp³-hybridized carbons (Fsp3) is 0.348. The first-order valence-corrected chi connectivity index (χ1v) is 12.8. The van der Waals surface area contributed by atoms with Crippen LogP contribution in [0.4, 0.5) is 14.5 Å². The second-order valence-corrected chi connectivity index (χ2v) is 10.5. The van der Waals surface area contributed by atoms with E-state index in [2.05, 4.69) is 15.8 Å². The van der Waals surface area contributed by atoms with E-state index in [-0.39, 0.29) is 11.3 Å². The SMILES string of the molecule is Cc1cc(C2=CC2)nc2cc([C@@H]3CCCCN3C(=O)c3cc(F)c(F)cc3NS(C)(=O)=O)nn12. The fourth-order valence-corrected chi connectivity index (χ4v) is 4.94. The van der Waals surface area contributed by atoms with E-state index in [4.69, 9.17) is 5.10 Å². The summed E-state index contributed by atoms with van der Waals surface area (Å²) in [7, 11) is -3.83. The number of benzene rings is 1. The highest BCUT2D eigenvalue weighted by Gasteiger charge is 2.33. The Bertz CT molecular complexity index is 1470. The molecule has 3 heterocycles. The molecule has 1 amide bonds. The summed E-state index contributed by atoms with van der Waals surface area (Å²) in [5.41, 5.74) is 3.77. The highest BCUT2D eigenvalue weighted by molar-refractivity contribution is 7.92. The molecule has 1 atom stereocenters. The molecule has 178 valence electrons. The molecule has 1 fully saturated rings. The van der Waals surface area contributed by atoms with Crippen molar-refractivity contribution in [3.8, 4) is 0 Å². The Kier molecular flexibility index (Phi) is 5.38. The van der Waals surface area contributed by atoms with Gasteiger partial charge in [0.2, 0.25) is 10.0 Å². The minimum Gasteiger partial charge on any atom is -0.330 e. The number of fused-ring (bicyclic) bond motifs is 1. The van der Waals surface area contributed by atoms with Crippen molar-refractivity contribution in [3.63, 3.8) is 0 Å². The van der Waals surface area contributed by atoms with E-state index < -0.39 is 33.6 Å². The maximum absolute atomic E-state index is 14.1. The lowest BCUT2D eigenvalue weighted by Gasteiger charge is -2.35. The van der Waals surface area contributed by atoms with Crippen LogP contribution in [0.5, 0.6) is 0 Å². The van der Waals surface area contributed by atoms with E-state index in [1.54, 1.807) is 9.42 Å². The number of aromatic nitrogens is 3. The van der Waals surface area contributed by atoms with Crippen LogP contribution < -0.4 is 4.72 Å². The van der Waals surface area contributed by atoms with Crippen LogP contribution in [0.25, 0.3) is 11.2 Å². The van der Waals surface area contributed by atoms with E-state index in [1.807, 2.05) is 19.1 Å². The smallest absolute Gasteiger partial charge is 0.256 e. The summed E-state index contributed by atoms with van der Waals surface area (Å²) in [6.07, 6.45) is 6.12. The molecule has 3 aromatic rings. The van der Waals surface area contributed by atoms with Crippen molar-refractivity contribution >= 4 is 32.8 Å². The molecule has 1 aliphatic carbocycles. The number of nitrogens with zero attached hydrogens (tertiary/aromatic N) is 4. The van der Waals surface area contributed by atoms with Crippen molar-refractivity contribution in [2.45, 2.75) is 38.6 Å². The molecule has 1 aromatic carbocycles. The van der Waals surface area contributed by atoms with Gasteiger partial charge < -0.3 is 4.90 Å². The molecule has 11 heteroatoms. The third kappa shape index (κ3) is 4.27. The number of hydrogen-bond donors (Lipinski definition) is 1. The van der Waals surface area contributed by atoms with Crippen LogP contribution >= 0.6 is 0 Å². The molecule has 2 aliphatic rings. The monoisotopic (exact) mass is 487 g/mol. The van der Waals surface area contributed by atoms with Crippen molar-refractivity contribution in [2.75, 3.05) is 17.5 Å². The summed E-state index contributed by atoms with van der Waals surface area (Å²) < 4.78 is 55.3. The van der Waals surface area contributed by atoms with Crippen molar-refractivity contribution in [3.05, 3.63) is 64.6 Å². The molecule has 0 unspecified atom stereocenters. The molecule has 1 N–H and O–H groups in total. The van der Waals surface area contributed by atoms with Crippen molar-refractivity contribution in [1.29, 1.82) is 0 Å². The molecule has 34 heavy (non-hydrogen) atoms. The number of halogens is 2. The summed E-state index contributed by atoms with van der Waals surface area (Å²) in [5.74, 6) is -3.08. The summed E-state index contributed by atoms with van der Waals surface area (Å²) in [4.78, 5) is 19.8.